The average molecular weight is 581 g/mol. The van der Waals surface area contributed by atoms with Crippen molar-refractivity contribution in [2.45, 2.75) is 43.2 Å². The molecule has 2 heterocycles. The summed E-state index contributed by atoms with van der Waals surface area (Å²) >= 11 is 0. The number of hydrogen-bond acceptors (Lipinski definition) is 6. The Bertz CT molecular complexity index is 1530. The summed E-state index contributed by atoms with van der Waals surface area (Å²) in [5.41, 5.74) is 1.56. The van der Waals surface area contributed by atoms with E-state index >= 15 is 0 Å². The Morgan fingerprint density at radius 3 is 2.58 bits per heavy atom. The normalized spacial score (nSPS) is 18.3. The Kier molecular flexibility index (Phi) is 8.85. The van der Waals surface area contributed by atoms with Gasteiger partial charge in [-0.3, -0.25) is 0 Å². The minimum atomic E-state index is -4.48. The fourth-order valence-corrected chi connectivity index (χ4v) is 5.44. The molecule has 0 radical (unpaired) electrons. The molecular formula is C28H32F4N4O3S. The number of rotatable bonds is 8. The van der Waals surface area contributed by atoms with E-state index in [9.17, 15) is 26.0 Å². The van der Waals surface area contributed by atoms with Crippen molar-refractivity contribution in [3.8, 4) is 17.6 Å². The van der Waals surface area contributed by atoms with E-state index in [0.717, 1.165) is 23.9 Å². The zero-order valence-electron chi connectivity index (χ0n) is 22.5. The first kappa shape index (κ1) is 29.6. The van der Waals surface area contributed by atoms with E-state index in [4.69, 9.17) is 4.74 Å². The molecule has 1 saturated heterocycles. The van der Waals surface area contributed by atoms with Gasteiger partial charge < -0.3 is 24.8 Å². The fraction of sp³-hybridized carbons (Fsp3) is 0.429. The fourth-order valence-electron chi connectivity index (χ4n) is 4.80. The maximum absolute atomic E-state index is 14.8. The van der Waals surface area contributed by atoms with Crippen molar-refractivity contribution < 1.29 is 30.7 Å². The highest BCUT2D eigenvalue weighted by Crippen LogP contribution is 2.32. The van der Waals surface area contributed by atoms with E-state index in [1.54, 1.807) is 30.3 Å². The number of nitrogens with zero attached hydrogens (tertiary/aromatic N) is 2. The van der Waals surface area contributed by atoms with Gasteiger partial charge in [0.05, 0.1) is 41.5 Å². The van der Waals surface area contributed by atoms with Crippen LogP contribution in [0.5, 0.6) is 5.75 Å². The molecule has 0 bridgehead atoms. The molecule has 2 aromatic carbocycles. The second-order valence-corrected chi connectivity index (χ2v) is 11.7. The first-order valence-electron chi connectivity index (χ1n) is 12.8. The van der Waals surface area contributed by atoms with Crippen molar-refractivity contribution in [1.82, 2.24) is 9.47 Å². The molecule has 7 nitrogen and oxygen atoms in total. The molecule has 1 aromatic heterocycles. The summed E-state index contributed by atoms with van der Waals surface area (Å²) in [7, 11) is -2.02. The molecule has 0 saturated carbocycles. The van der Waals surface area contributed by atoms with E-state index < -0.39 is 34.8 Å². The number of benzene rings is 2. The molecule has 0 unspecified atom stereocenters. The molecule has 4 rings (SSSR count). The summed E-state index contributed by atoms with van der Waals surface area (Å²) in [6.45, 7) is 2.63. The molecule has 0 amide bonds. The number of nitrogens with one attached hydrogen (secondary N) is 2. The Balaban J connectivity index is 1.60. The van der Waals surface area contributed by atoms with Gasteiger partial charge in [0.15, 0.2) is 9.84 Å². The molecule has 1 aliphatic rings. The molecule has 12 heteroatoms. The molecule has 216 valence electrons. The number of fused-ring (bicyclic) bond motifs is 1. The predicted molar refractivity (Wildman–Crippen MR) is 149 cm³/mol. The molecular weight excluding hydrogens is 548 g/mol. The van der Waals surface area contributed by atoms with Crippen LogP contribution in [0.15, 0.2) is 47.4 Å². The summed E-state index contributed by atoms with van der Waals surface area (Å²) in [6, 6.07) is 10.5. The predicted octanol–water partition coefficient (Wildman–Crippen LogP) is 4.92. The summed E-state index contributed by atoms with van der Waals surface area (Å²) in [4.78, 5) is 2.12. The summed E-state index contributed by atoms with van der Waals surface area (Å²) in [5.74, 6) is 5.96. The van der Waals surface area contributed by atoms with Crippen LogP contribution in [0, 0.1) is 11.8 Å². The summed E-state index contributed by atoms with van der Waals surface area (Å²) in [5, 5.41) is 6.77. The number of piperidine rings is 1. The van der Waals surface area contributed by atoms with E-state index in [1.807, 2.05) is 11.8 Å². The third kappa shape index (κ3) is 7.01. The monoisotopic (exact) mass is 580 g/mol. The number of methoxy groups -OCH3 is 1. The lowest BCUT2D eigenvalue weighted by atomic mass is 10.0. The molecule has 1 aliphatic heterocycles. The van der Waals surface area contributed by atoms with Crippen molar-refractivity contribution in [2.75, 3.05) is 50.2 Å². The number of aromatic nitrogens is 1. The second-order valence-electron chi connectivity index (χ2n) is 9.71. The van der Waals surface area contributed by atoms with Gasteiger partial charge in [-0.2, -0.15) is 13.2 Å². The minimum absolute atomic E-state index is 0.0623. The Hall–Kier alpha value is -3.43. The van der Waals surface area contributed by atoms with Crippen molar-refractivity contribution in [3.63, 3.8) is 0 Å². The van der Waals surface area contributed by atoms with E-state index in [0.29, 0.717) is 41.0 Å². The number of ether oxygens (including phenoxy) is 1. The maximum atomic E-state index is 14.8. The molecule has 0 aliphatic carbocycles. The van der Waals surface area contributed by atoms with E-state index in [-0.39, 0.29) is 17.1 Å². The van der Waals surface area contributed by atoms with Gasteiger partial charge >= 0.3 is 6.18 Å². The highest BCUT2D eigenvalue weighted by molar-refractivity contribution is 7.90. The van der Waals surface area contributed by atoms with Crippen LogP contribution in [0.25, 0.3) is 10.9 Å². The van der Waals surface area contributed by atoms with Crippen LogP contribution < -0.4 is 15.4 Å². The molecule has 3 aromatic rings. The van der Waals surface area contributed by atoms with Crippen LogP contribution in [-0.4, -0.2) is 75.8 Å². The van der Waals surface area contributed by atoms with Crippen LogP contribution in [-0.2, 0) is 16.4 Å². The minimum Gasteiger partial charge on any atom is -0.495 e. The lowest BCUT2D eigenvalue weighted by Crippen LogP contribution is -2.47. The Labute approximate surface area is 231 Å². The average Bonchev–Trinajstić information content (AvgIpc) is 3.23. The third-order valence-electron chi connectivity index (χ3n) is 6.88. The molecule has 1 fully saturated rings. The molecule has 40 heavy (non-hydrogen) atoms. The highest BCUT2D eigenvalue weighted by Gasteiger charge is 2.31. The summed E-state index contributed by atoms with van der Waals surface area (Å²) < 4.78 is 85.4. The van der Waals surface area contributed by atoms with E-state index in [1.165, 1.54) is 19.2 Å². The quantitative estimate of drug-likeness (QED) is 0.291. The number of anilines is 2. The van der Waals surface area contributed by atoms with Crippen molar-refractivity contribution >= 4 is 32.1 Å². The van der Waals surface area contributed by atoms with Gasteiger partial charge in [-0.25, -0.2) is 12.8 Å². The molecule has 2 N–H and O–H groups in total. The highest BCUT2D eigenvalue weighted by atomic mass is 32.2. The van der Waals surface area contributed by atoms with Gasteiger partial charge in [0.2, 0.25) is 0 Å². The van der Waals surface area contributed by atoms with Crippen LogP contribution in [0.4, 0.5) is 28.9 Å². The van der Waals surface area contributed by atoms with Gasteiger partial charge in [-0.05, 0) is 49.2 Å². The van der Waals surface area contributed by atoms with Gasteiger partial charge in [0, 0.05) is 36.5 Å². The zero-order valence-corrected chi connectivity index (χ0v) is 23.3. The SMILES string of the molecule is CCN1CC[C@@H](Nc2cccc3c2cc(C#CCNc2ccc(S(C)(=O)=O)cc2OC)n3CC(F)(F)F)[C@@H](F)C1. The van der Waals surface area contributed by atoms with Crippen LogP contribution in [0.3, 0.4) is 0 Å². The zero-order chi connectivity index (χ0) is 29.1. The first-order valence-corrected chi connectivity index (χ1v) is 14.7. The Morgan fingerprint density at radius 1 is 1.15 bits per heavy atom. The first-order chi connectivity index (χ1) is 18.9. The van der Waals surface area contributed by atoms with Gasteiger partial charge in [0.25, 0.3) is 0 Å². The third-order valence-corrected chi connectivity index (χ3v) is 7.99. The van der Waals surface area contributed by atoms with Crippen molar-refractivity contribution in [3.05, 3.63) is 48.2 Å². The standard InChI is InChI=1S/C28H32F4N4O3S/c1-4-35-14-12-24(22(29)17-35)34-23-8-5-9-26-21(23)15-19(36(26)18-28(30,31)32)7-6-13-33-25-11-10-20(40(3,37)38)16-27(25)39-2/h5,8-11,15-16,22,24,33-34H,4,12-14,17-18H2,1-3H3/t22-,24+/m0/s1. The van der Waals surface area contributed by atoms with Crippen LogP contribution in [0.1, 0.15) is 19.0 Å². The largest absolute Gasteiger partial charge is 0.495 e. The van der Waals surface area contributed by atoms with Crippen LogP contribution in [0.2, 0.25) is 0 Å². The number of sulfone groups is 1. The molecule has 0 spiro atoms. The van der Waals surface area contributed by atoms with E-state index in [2.05, 4.69) is 22.5 Å². The molecule has 2 atom stereocenters. The van der Waals surface area contributed by atoms with Crippen LogP contribution >= 0.6 is 0 Å². The number of alkyl halides is 4. The summed E-state index contributed by atoms with van der Waals surface area (Å²) in [6.07, 6.45) is -3.90. The number of halogens is 4. The van der Waals surface area contributed by atoms with Gasteiger partial charge in [0.1, 0.15) is 18.5 Å². The lowest BCUT2D eigenvalue weighted by molar-refractivity contribution is -0.140. The lowest BCUT2D eigenvalue weighted by Gasteiger charge is -2.35. The topological polar surface area (TPSA) is 75.6 Å². The number of hydrogen-bond donors (Lipinski definition) is 2. The van der Waals surface area contributed by atoms with Crippen molar-refractivity contribution in [1.29, 1.82) is 0 Å². The maximum Gasteiger partial charge on any atom is 0.406 e. The van der Waals surface area contributed by atoms with Gasteiger partial charge in [-0.15, -0.1) is 0 Å². The smallest absolute Gasteiger partial charge is 0.406 e. The number of likely N-dealkylation sites (tertiary alicyclic amines) is 1. The van der Waals surface area contributed by atoms with Crippen molar-refractivity contribution in [2.24, 2.45) is 0 Å². The second kappa shape index (κ2) is 12.0. The Morgan fingerprint density at radius 2 is 1.93 bits per heavy atom. The van der Waals surface area contributed by atoms with Gasteiger partial charge in [-0.1, -0.05) is 18.9 Å².